The van der Waals surface area contributed by atoms with E-state index in [4.69, 9.17) is 10.5 Å². The van der Waals surface area contributed by atoms with Gasteiger partial charge in [-0.2, -0.15) is 0 Å². The van der Waals surface area contributed by atoms with E-state index in [1.807, 2.05) is 0 Å². The van der Waals surface area contributed by atoms with Gasteiger partial charge in [-0.25, -0.2) is 4.99 Å². The van der Waals surface area contributed by atoms with Crippen LogP contribution < -0.4 is 10.8 Å². The van der Waals surface area contributed by atoms with Crippen molar-refractivity contribution in [2.24, 2.45) is 4.99 Å². The van der Waals surface area contributed by atoms with Gasteiger partial charge in [0.15, 0.2) is 6.08 Å². The highest BCUT2D eigenvalue weighted by Crippen LogP contribution is 2.20. The van der Waals surface area contributed by atoms with Gasteiger partial charge >= 0.3 is 0 Å². The SMILES string of the molecule is CC(C)(C)OC([O-])=Nc1ccccc1N. The van der Waals surface area contributed by atoms with Crippen LogP contribution in [0.5, 0.6) is 0 Å². The van der Waals surface area contributed by atoms with Crippen LogP contribution in [0.4, 0.5) is 11.4 Å². The van der Waals surface area contributed by atoms with E-state index < -0.39 is 11.7 Å². The summed E-state index contributed by atoms with van der Waals surface area (Å²) in [6, 6.07) is 6.89. The number of nitrogens with zero attached hydrogens (tertiary/aromatic N) is 1. The van der Waals surface area contributed by atoms with Gasteiger partial charge in [0.25, 0.3) is 0 Å². The number of benzene rings is 1. The van der Waals surface area contributed by atoms with Crippen LogP contribution in [0.3, 0.4) is 0 Å². The summed E-state index contributed by atoms with van der Waals surface area (Å²) in [6.07, 6.45) is -0.625. The van der Waals surface area contributed by atoms with Crippen molar-refractivity contribution < 1.29 is 9.84 Å². The Morgan fingerprint density at radius 3 is 2.47 bits per heavy atom. The minimum atomic E-state index is -0.625. The molecule has 0 radical (unpaired) electrons. The summed E-state index contributed by atoms with van der Waals surface area (Å²) < 4.78 is 5.04. The van der Waals surface area contributed by atoms with Gasteiger partial charge < -0.3 is 15.6 Å². The average molecular weight is 207 g/mol. The number of rotatable bonds is 1. The van der Waals surface area contributed by atoms with Crippen molar-refractivity contribution in [3.8, 4) is 0 Å². The van der Waals surface area contributed by atoms with Crippen molar-refractivity contribution in [2.75, 3.05) is 5.73 Å². The van der Waals surface area contributed by atoms with Crippen molar-refractivity contribution in [1.82, 2.24) is 0 Å². The third-order valence-corrected chi connectivity index (χ3v) is 1.54. The van der Waals surface area contributed by atoms with Crippen molar-refractivity contribution in [3.05, 3.63) is 24.3 Å². The molecular formula is C11H15N2O2-. The van der Waals surface area contributed by atoms with E-state index >= 15 is 0 Å². The molecule has 0 aliphatic rings. The molecule has 0 aliphatic carbocycles. The summed E-state index contributed by atoms with van der Waals surface area (Å²) in [5.41, 5.74) is 5.99. The predicted octanol–water partition coefficient (Wildman–Crippen LogP) is 1.43. The lowest BCUT2D eigenvalue weighted by Crippen LogP contribution is -2.31. The summed E-state index contributed by atoms with van der Waals surface area (Å²) in [4.78, 5) is 3.76. The molecule has 0 spiro atoms. The highest BCUT2D eigenvalue weighted by molar-refractivity contribution is 5.73. The molecule has 0 amide bonds. The van der Waals surface area contributed by atoms with E-state index in [2.05, 4.69) is 4.99 Å². The van der Waals surface area contributed by atoms with Crippen LogP contribution in [-0.4, -0.2) is 11.7 Å². The molecule has 0 aliphatic heterocycles. The van der Waals surface area contributed by atoms with Crippen LogP contribution in [0.2, 0.25) is 0 Å². The van der Waals surface area contributed by atoms with E-state index in [1.54, 1.807) is 45.0 Å². The number of nitrogen functional groups attached to an aromatic ring is 1. The van der Waals surface area contributed by atoms with Crippen LogP contribution in [0.15, 0.2) is 29.3 Å². The third-order valence-electron chi connectivity index (χ3n) is 1.54. The molecule has 82 valence electrons. The summed E-state index contributed by atoms with van der Waals surface area (Å²) in [6.45, 7) is 5.36. The van der Waals surface area contributed by atoms with Gasteiger partial charge in [0.1, 0.15) is 0 Å². The van der Waals surface area contributed by atoms with E-state index in [0.717, 1.165) is 0 Å². The number of para-hydroxylation sites is 2. The molecule has 0 fully saturated rings. The topological polar surface area (TPSA) is 70.7 Å². The maximum atomic E-state index is 11.3. The zero-order chi connectivity index (χ0) is 11.5. The molecule has 0 heterocycles. The average Bonchev–Trinajstić information content (AvgIpc) is 2.05. The Labute approximate surface area is 89.4 Å². The fourth-order valence-corrected chi connectivity index (χ4v) is 0.972. The van der Waals surface area contributed by atoms with Gasteiger partial charge in [0.05, 0.1) is 11.4 Å². The molecular weight excluding hydrogens is 192 g/mol. The predicted molar refractivity (Wildman–Crippen MR) is 58.8 cm³/mol. The monoisotopic (exact) mass is 207 g/mol. The van der Waals surface area contributed by atoms with Gasteiger partial charge in [-0.3, -0.25) is 0 Å². The molecule has 0 saturated heterocycles. The highest BCUT2D eigenvalue weighted by atomic mass is 16.6. The van der Waals surface area contributed by atoms with E-state index in [9.17, 15) is 5.11 Å². The summed E-state index contributed by atoms with van der Waals surface area (Å²) in [5, 5.41) is 11.3. The second-order valence-corrected chi connectivity index (χ2v) is 4.15. The van der Waals surface area contributed by atoms with E-state index in [1.165, 1.54) is 0 Å². The molecule has 1 aromatic rings. The number of aliphatic imine (C=N–C) groups is 1. The lowest BCUT2D eigenvalue weighted by Gasteiger charge is -2.29. The number of nitrogens with two attached hydrogens (primary N) is 1. The Hall–Kier alpha value is -1.71. The van der Waals surface area contributed by atoms with Crippen molar-refractivity contribution in [2.45, 2.75) is 26.4 Å². The minimum absolute atomic E-state index is 0.437. The summed E-state index contributed by atoms with van der Waals surface area (Å²) >= 11 is 0. The molecule has 4 heteroatoms. The standard InChI is InChI=1S/C11H16N2O2/c1-11(2,3)15-10(14)13-9-7-5-4-6-8(9)12/h4-7H,12H2,1-3H3,(H,13,14)/p-1. The molecule has 1 aromatic carbocycles. The largest absolute Gasteiger partial charge is 0.594 e. The lowest BCUT2D eigenvalue weighted by atomic mass is 10.2. The number of ether oxygens (including phenoxy) is 1. The van der Waals surface area contributed by atoms with Crippen LogP contribution in [-0.2, 0) is 4.74 Å². The minimum Gasteiger partial charge on any atom is -0.594 e. The molecule has 0 saturated carbocycles. The Morgan fingerprint density at radius 1 is 1.33 bits per heavy atom. The van der Waals surface area contributed by atoms with Gasteiger partial charge in [0, 0.05) is 5.60 Å². The Kier molecular flexibility index (Phi) is 3.19. The number of hydrogen-bond donors (Lipinski definition) is 1. The second-order valence-electron chi connectivity index (χ2n) is 4.15. The van der Waals surface area contributed by atoms with E-state index in [0.29, 0.717) is 11.4 Å². The normalized spacial score (nSPS) is 12.6. The smallest absolute Gasteiger partial charge is 0.151 e. The number of anilines is 1. The molecule has 4 nitrogen and oxygen atoms in total. The molecule has 2 N–H and O–H groups in total. The lowest BCUT2D eigenvalue weighted by molar-refractivity contribution is -0.259. The zero-order valence-corrected chi connectivity index (χ0v) is 9.15. The van der Waals surface area contributed by atoms with E-state index in [-0.39, 0.29) is 0 Å². The highest BCUT2D eigenvalue weighted by Gasteiger charge is 2.04. The third kappa shape index (κ3) is 3.89. The first-order valence-electron chi connectivity index (χ1n) is 4.68. The Bertz CT molecular complexity index is 367. The molecule has 0 atom stereocenters. The van der Waals surface area contributed by atoms with Gasteiger partial charge in [-0.15, -0.1) is 0 Å². The van der Waals surface area contributed by atoms with Crippen LogP contribution in [0.25, 0.3) is 0 Å². The quantitative estimate of drug-likeness (QED) is 0.430. The van der Waals surface area contributed by atoms with Gasteiger partial charge in [-0.1, -0.05) is 32.9 Å². The Balaban J connectivity index is 2.84. The van der Waals surface area contributed by atoms with Gasteiger partial charge in [-0.05, 0) is 12.1 Å². The van der Waals surface area contributed by atoms with Crippen LogP contribution in [0, 0.1) is 0 Å². The molecule has 15 heavy (non-hydrogen) atoms. The first-order valence-corrected chi connectivity index (χ1v) is 4.68. The Morgan fingerprint density at radius 2 is 1.93 bits per heavy atom. The molecule has 1 rings (SSSR count). The zero-order valence-electron chi connectivity index (χ0n) is 9.15. The second kappa shape index (κ2) is 4.21. The maximum Gasteiger partial charge on any atom is 0.151 e. The van der Waals surface area contributed by atoms with Crippen molar-refractivity contribution in [1.29, 1.82) is 0 Å². The summed E-state index contributed by atoms with van der Waals surface area (Å²) in [5.74, 6) is 0. The fourth-order valence-electron chi connectivity index (χ4n) is 0.972. The molecule has 0 bridgehead atoms. The maximum absolute atomic E-state index is 11.3. The van der Waals surface area contributed by atoms with Crippen molar-refractivity contribution in [3.63, 3.8) is 0 Å². The number of hydrogen-bond acceptors (Lipinski definition) is 4. The first-order chi connectivity index (χ1) is 6.88. The molecule has 0 aromatic heterocycles. The van der Waals surface area contributed by atoms with Gasteiger partial charge in [0.2, 0.25) is 0 Å². The summed E-state index contributed by atoms with van der Waals surface area (Å²) in [7, 11) is 0. The first kappa shape index (κ1) is 11.4. The van der Waals surface area contributed by atoms with Crippen LogP contribution >= 0.6 is 0 Å². The van der Waals surface area contributed by atoms with Crippen molar-refractivity contribution >= 4 is 17.5 Å². The molecule has 0 unspecified atom stereocenters. The fraction of sp³-hybridized carbons (Fsp3) is 0.364. The van der Waals surface area contributed by atoms with Crippen LogP contribution in [0.1, 0.15) is 20.8 Å².